The van der Waals surface area contributed by atoms with E-state index in [1.165, 1.54) is 0 Å². The molecule has 3 aromatic rings. The number of likely N-dealkylation sites (tertiary alicyclic amines) is 1. The summed E-state index contributed by atoms with van der Waals surface area (Å²) in [7, 11) is 0. The molecule has 142 valence electrons. The molecule has 5 heteroatoms. The summed E-state index contributed by atoms with van der Waals surface area (Å²) in [6.45, 7) is 0.764. The summed E-state index contributed by atoms with van der Waals surface area (Å²) in [5.41, 5.74) is 3.76. The first kappa shape index (κ1) is 18.6. The van der Waals surface area contributed by atoms with E-state index in [1.54, 1.807) is 18.5 Å². The van der Waals surface area contributed by atoms with Crippen molar-refractivity contribution in [2.75, 3.05) is 6.54 Å². The Hall–Kier alpha value is -2.72. The van der Waals surface area contributed by atoms with Crippen LogP contribution in [0.5, 0.6) is 0 Å². The first-order valence-electron chi connectivity index (χ1n) is 9.61. The van der Waals surface area contributed by atoms with Crippen molar-refractivity contribution in [3.63, 3.8) is 0 Å². The number of amides is 1. The lowest BCUT2D eigenvalue weighted by Gasteiger charge is -2.36. The monoisotopic (exact) mass is 391 g/mol. The zero-order valence-corrected chi connectivity index (χ0v) is 16.3. The molecular formula is C23H22ClN3O. The first-order valence-corrected chi connectivity index (χ1v) is 9.99. The highest BCUT2D eigenvalue weighted by Gasteiger charge is 2.29. The number of hydrogen-bond acceptors (Lipinski definition) is 3. The molecule has 1 aromatic carbocycles. The van der Waals surface area contributed by atoms with Gasteiger partial charge in [0.15, 0.2) is 0 Å². The number of carbonyl (C=O) groups excluding carboxylic acids is 1. The number of halogens is 1. The predicted molar refractivity (Wildman–Crippen MR) is 110 cm³/mol. The average Bonchev–Trinajstić information content (AvgIpc) is 2.76. The Bertz CT molecular complexity index is 944. The Morgan fingerprint density at radius 1 is 1.07 bits per heavy atom. The molecule has 1 fully saturated rings. The number of aromatic nitrogens is 2. The number of benzene rings is 1. The fourth-order valence-electron chi connectivity index (χ4n) is 3.75. The van der Waals surface area contributed by atoms with E-state index < -0.39 is 0 Å². The Morgan fingerprint density at radius 2 is 1.96 bits per heavy atom. The van der Waals surface area contributed by atoms with E-state index >= 15 is 0 Å². The average molecular weight is 392 g/mol. The summed E-state index contributed by atoms with van der Waals surface area (Å²) >= 11 is 6.26. The zero-order chi connectivity index (χ0) is 19.3. The SMILES string of the molecule is O=C(c1cccnc1)N1CCCC[C@@H]1c1ccc(Cc2ccccc2Cl)nc1. The maximum absolute atomic E-state index is 13.0. The molecule has 1 aliphatic heterocycles. The Kier molecular flexibility index (Phi) is 5.68. The lowest BCUT2D eigenvalue weighted by Crippen LogP contribution is -2.38. The highest BCUT2D eigenvalue weighted by molar-refractivity contribution is 6.31. The molecule has 3 heterocycles. The molecule has 0 bridgehead atoms. The second-order valence-electron chi connectivity index (χ2n) is 7.10. The lowest BCUT2D eigenvalue weighted by atomic mass is 9.95. The number of pyridine rings is 2. The van der Waals surface area contributed by atoms with Crippen molar-refractivity contribution in [2.24, 2.45) is 0 Å². The van der Waals surface area contributed by atoms with Gasteiger partial charge in [0, 0.05) is 42.3 Å². The summed E-state index contributed by atoms with van der Waals surface area (Å²) in [5, 5.41) is 0.758. The Labute approximate surface area is 170 Å². The Morgan fingerprint density at radius 3 is 2.71 bits per heavy atom. The van der Waals surface area contributed by atoms with Gasteiger partial charge in [-0.1, -0.05) is 35.9 Å². The molecular weight excluding hydrogens is 370 g/mol. The third-order valence-corrected chi connectivity index (χ3v) is 5.60. The van der Waals surface area contributed by atoms with E-state index in [1.807, 2.05) is 47.5 Å². The van der Waals surface area contributed by atoms with Crippen molar-refractivity contribution in [1.29, 1.82) is 0 Å². The molecule has 1 atom stereocenters. The van der Waals surface area contributed by atoms with E-state index in [9.17, 15) is 4.79 Å². The van der Waals surface area contributed by atoms with Gasteiger partial charge in [-0.05, 0) is 54.7 Å². The number of carbonyl (C=O) groups is 1. The molecule has 28 heavy (non-hydrogen) atoms. The third kappa shape index (κ3) is 4.07. The molecule has 1 saturated heterocycles. The van der Waals surface area contributed by atoms with E-state index in [-0.39, 0.29) is 11.9 Å². The van der Waals surface area contributed by atoms with Gasteiger partial charge in [-0.3, -0.25) is 14.8 Å². The topological polar surface area (TPSA) is 46.1 Å². The summed E-state index contributed by atoms with van der Waals surface area (Å²) < 4.78 is 0. The van der Waals surface area contributed by atoms with Crippen LogP contribution in [0.4, 0.5) is 0 Å². The van der Waals surface area contributed by atoms with Crippen molar-refractivity contribution in [3.05, 3.63) is 94.5 Å². The molecule has 1 amide bonds. The van der Waals surface area contributed by atoms with Gasteiger partial charge in [-0.25, -0.2) is 0 Å². The van der Waals surface area contributed by atoms with E-state index in [4.69, 9.17) is 11.6 Å². The molecule has 0 radical (unpaired) electrons. The predicted octanol–water partition coefficient (Wildman–Crippen LogP) is 5.09. The molecule has 0 unspecified atom stereocenters. The molecule has 0 N–H and O–H groups in total. The highest BCUT2D eigenvalue weighted by atomic mass is 35.5. The summed E-state index contributed by atoms with van der Waals surface area (Å²) in [6.07, 6.45) is 9.03. The van der Waals surface area contributed by atoms with Gasteiger partial charge < -0.3 is 4.90 Å². The number of nitrogens with zero attached hydrogens (tertiary/aromatic N) is 3. The van der Waals surface area contributed by atoms with E-state index in [0.717, 1.165) is 47.7 Å². The van der Waals surface area contributed by atoms with Gasteiger partial charge in [0.25, 0.3) is 5.91 Å². The second-order valence-corrected chi connectivity index (χ2v) is 7.51. The van der Waals surface area contributed by atoms with Crippen LogP contribution in [0.3, 0.4) is 0 Å². The van der Waals surface area contributed by atoms with Crippen LogP contribution in [-0.4, -0.2) is 27.3 Å². The number of hydrogen-bond donors (Lipinski definition) is 0. The summed E-state index contributed by atoms with van der Waals surface area (Å²) in [6, 6.07) is 15.7. The molecule has 1 aliphatic rings. The van der Waals surface area contributed by atoms with Crippen LogP contribution in [0, 0.1) is 0 Å². The zero-order valence-electron chi connectivity index (χ0n) is 15.6. The van der Waals surface area contributed by atoms with Crippen LogP contribution in [0.1, 0.15) is 52.5 Å². The van der Waals surface area contributed by atoms with Crippen molar-refractivity contribution in [2.45, 2.75) is 31.7 Å². The van der Waals surface area contributed by atoms with Gasteiger partial charge in [0.1, 0.15) is 0 Å². The number of rotatable bonds is 4. The van der Waals surface area contributed by atoms with Crippen LogP contribution in [0.15, 0.2) is 67.1 Å². The quantitative estimate of drug-likeness (QED) is 0.622. The molecule has 0 saturated carbocycles. The van der Waals surface area contributed by atoms with Crippen molar-refractivity contribution >= 4 is 17.5 Å². The van der Waals surface area contributed by atoms with Crippen molar-refractivity contribution in [1.82, 2.24) is 14.9 Å². The van der Waals surface area contributed by atoms with Crippen LogP contribution in [0.25, 0.3) is 0 Å². The van der Waals surface area contributed by atoms with Gasteiger partial charge >= 0.3 is 0 Å². The molecule has 4 rings (SSSR count). The third-order valence-electron chi connectivity index (χ3n) is 5.23. The maximum Gasteiger partial charge on any atom is 0.255 e. The maximum atomic E-state index is 13.0. The fraction of sp³-hybridized carbons (Fsp3) is 0.261. The van der Waals surface area contributed by atoms with Gasteiger partial charge in [-0.15, -0.1) is 0 Å². The minimum Gasteiger partial charge on any atom is -0.332 e. The minimum atomic E-state index is 0.0398. The van der Waals surface area contributed by atoms with Crippen LogP contribution in [0.2, 0.25) is 5.02 Å². The van der Waals surface area contributed by atoms with Gasteiger partial charge in [0.2, 0.25) is 0 Å². The highest BCUT2D eigenvalue weighted by Crippen LogP contribution is 2.32. The van der Waals surface area contributed by atoms with Gasteiger partial charge in [0.05, 0.1) is 11.6 Å². The van der Waals surface area contributed by atoms with Crippen LogP contribution in [-0.2, 0) is 6.42 Å². The normalized spacial score (nSPS) is 16.8. The first-order chi connectivity index (χ1) is 13.7. The van der Waals surface area contributed by atoms with Crippen molar-refractivity contribution < 1.29 is 4.79 Å². The summed E-state index contributed by atoms with van der Waals surface area (Å²) in [4.78, 5) is 23.7. The number of piperidine rings is 1. The molecule has 0 spiro atoms. The molecule has 0 aliphatic carbocycles. The summed E-state index contributed by atoms with van der Waals surface area (Å²) in [5.74, 6) is 0.0398. The van der Waals surface area contributed by atoms with E-state index in [2.05, 4.69) is 16.0 Å². The van der Waals surface area contributed by atoms with Crippen molar-refractivity contribution in [3.8, 4) is 0 Å². The minimum absolute atomic E-state index is 0.0398. The fourth-order valence-corrected chi connectivity index (χ4v) is 3.95. The van der Waals surface area contributed by atoms with Crippen LogP contribution >= 0.6 is 11.6 Å². The molecule has 2 aromatic heterocycles. The largest absolute Gasteiger partial charge is 0.332 e. The molecule has 4 nitrogen and oxygen atoms in total. The second kappa shape index (κ2) is 8.53. The van der Waals surface area contributed by atoms with Gasteiger partial charge in [-0.2, -0.15) is 0 Å². The van der Waals surface area contributed by atoms with E-state index in [0.29, 0.717) is 12.0 Å². The van der Waals surface area contributed by atoms with Crippen LogP contribution < -0.4 is 0 Å². The standard InChI is InChI=1S/C23H22ClN3O/c24-21-8-2-1-6-17(21)14-20-11-10-18(16-26-20)22-9-3-4-13-27(22)23(28)19-7-5-12-25-15-19/h1-2,5-8,10-12,15-16,22H,3-4,9,13-14H2/t22-/m1/s1. The smallest absolute Gasteiger partial charge is 0.255 e. The lowest BCUT2D eigenvalue weighted by molar-refractivity contribution is 0.0610. The Balaban J connectivity index is 1.53.